The summed E-state index contributed by atoms with van der Waals surface area (Å²) in [5.74, 6) is -1.88. The highest BCUT2D eigenvalue weighted by molar-refractivity contribution is 5.88. The molecule has 3 aromatic rings. The van der Waals surface area contributed by atoms with Crippen molar-refractivity contribution in [2.24, 2.45) is 0 Å². The number of amides is 1. The Hall–Kier alpha value is -2.69. The van der Waals surface area contributed by atoms with Crippen LogP contribution in [-0.4, -0.2) is 17.4 Å². The SMILES string of the molecule is CCCCCNC(=O)CC(c1ccc(F)cc1F)c1c[nH]c2c(CC)cccc12. The molecule has 0 radical (unpaired) electrons. The second-order valence-electron chi connectivity index (χ2n) is 7.42. The van der Waals surface area contributed by atoms with Crippen molar-refractivity contribution in [2.45, 2.75) is 51.9 Å². The van der Waals surface area contributed by atoms with E-state index in [1.165, 1.54) is 12.1 Å². The Morgan fingerprint density at radius 3 is 2.66 bits per heavy atom. The lowest BCUT2D eigenvalue weighted by Gasteiger charge is -2.18. The van der Waals surface area contributed by atoms with Gasteiger partial charge in [-0.25, -0.2) is 8.78 Å². The lowest BCUT2D eigenvalue weighted by Crippen LogP contribution is -2.26. The number of para-hydroxylation sites is 1. The first kappa shape index (κ1) is 21.0. The number of unbranched alkanes of at least 4 members (excludes halogenated alkanes) is 2. The summed E-state index contributed by atoms with van der Waals surface area (Å²) in [5, 5.41) is 3.90. The summed E-state index contributed by atoms with van der Waals surface area (Å²) < 4.78 is 28.1. The van der Waals surface area contributed by atoms with Crippen molar-refractivity contribution < 1.29 is 13.6 Å². The van der Waals surface area contributed by atoms with Gasteiger partial charge in [0, 0.05) is 42.0 Å². The minimum absolute atomic E-state index is 0.109. The van der Waals surface area contributed by atoms with Gasteiger partial charge in [-0.2, -0.15) is 0 Å². The molecule has 0 saturated heterocycles. The van der Waals surface area contributed by atoms with E-state index in [1.54, 1.807) is 0 Å². The van der Waals surface area contributed by atoms with Crippen LogP contribution in [0, 0.1) is 11.6 Å². The normalized spacial score (nSPS) is 12.3. The van der Waals surface area contributed by atoms with E-state index in [4.69, 9.17) is 0 Å². The number of halogens is 2. The van der Waals surface area contributed by atoms with Gasteiger partial charge in [0.25, 0.3) is 0 Å². The number of nitrogens with one attached hydrogen (secondary N) is 2. The summed E-state index contributed by atoms with van der Waals surface area (Å²) in [7, 11) is 0. The highest BCUT2D eigenvalue weighted by Crippen LogP contribution is 2.35. The summed E-state index contributed by atoms with van der Waals surface area (Å²) in [6, 6.07) is 9.58. The smallest absolute Gasteiger partial charge is 0.220 e. The number of benzene rings is 2. The van der Waals surface area contributed by atoms with Gasteiger partial charge in [0.1, 0.15) is 11.6 Å². The summed E-state index contributed by atoms with van der Waals surface area (Å²) >= 11 is 0. The molecule has 3 rings (SSSR count). The molecule has 29 heavy (non-hydrogen) atoms. The molecular weight excluding hydrogens is 370 g/mol. The van der Waals surface area contributed by atoms with E-state index in [0.717, 1.165) is 53.8 Å². The molecule has 3 nitrogen and oxygen atoms in total. The molecule has 154 valence electrons. The van der Waals surface area contributed by atoms with Crippen LogP contribution in [0.3, 0.4) is 0 Å². The zero-order chi connectivity index (χ0) is 20.8. The summed E-state index contributed by atoms with van der Waals surface area (Å²) in [6.07, 6.45) is 5.88. The fourth-order valence-electron chi connectivity index (χ4n) is 3.85. The van der Waals surface area contributed by atoms with Crippen LogP contribution in [0.4, 0.5) is 8.78 Å². The monoisotopic (exact) mass is 398 g/mol. The third kappa shape index (κ3) is 4.84. The van der Waals surface area contributed by atoms with Crippen LogP contribution >= 0.6 is 0 Å². The Labute approximate surface area is 170 Å². The van der Waals surface area contributed by atoms with Gasteiger partial charge in [-0.3, -0.25) is 4.79 Å². The fourth-order valence-corrected chi connectivity index (χ4v) is 3.85. The van der Waals surface area contributed by atoms with E-state index in [9.17, 15) is 13.6 Å². The van der Waals surface area contributed by atoms with Gasteiger partial charge in [-0.1, -0.05) is 51.0 Å². The molecule has 1 aromatic heterocycles. The predicted octanol–water partition coefficient (Wildman–Crippen LogP) is 5.84. The number of aromatic nitrogens is 1. The molecule has 5 heteroatoms. The average molecular weight is 398 g/mol. The average Bonchev–Trinajstić information content (AvgIpc) is 3.14. The third-order valence-corrected chi connectivity index (χ3v) is 5.42. The number of aryl methyl sites for hydroxylation is 1. The van der Waals surface area contributed by atoms with Crippen LogP contribution in [0.2, 0.25) is 0 Å². The molecule has 1 amide bonds. The molecule has 0 aliphatic heterocycles. The van der Waals surface area contributed by atoms with Gasteiger partial charge >= 0.3 is 0 Å². The van der Waals surface area contributed by atoms with Crippen molar-refractivity contribution in [3.63, 3.8) is 0 Å². The second-order valence-corrected chi connectivity index (χ2v) is 7.42. The molecule has 0 bridgehead atoms. The lowest BCUT2D eigenvalue weighted by molar-refractivity contribution is -0.121. The van der Waals surface area contributed by atoms with E-state index < -0.39 is 17.6 Å². The summed E-state index contributed by atoms with van der Waals surface area (Å²) in [6.45, 7) is 4.80. The van der Waals surface area contributed by atoms with E-state index in [-0.39, 0.29) is 12.3 Å². The molecule has 0 spiro atoms. The van der Waals surface area contributed by atoms with Crippen LogP contribution in [0.15, 0.2) is 42.6 Å². The molecule has 2 N–H and O–H groups in total. The van der Waals surface area contributed by atoms with E-state index in [1.807, 2.05) is 18.3 Å². The first-order valence-electron chi connectivity index (χ1n) is 10.4. The maximum Gasteiger partial charge on any atom is 0.220 e. The Morgan fingerprint density at radius 2 is 1.93 bits per heavy atom. The minimum Gasteiger partial charge on any atom is -0.361 e. The van der Waals surface area contributed by atoms with Gasteiger partial charge in [0.15, 0.2) is 0 Å². The standard InChI is InChI=1S/C24H28F2N2O/c1-3-5-6-12-27-23(29)14-20(18-11-10-17(25)13-22(18)26)21-15-28-24-16(4-2)8-7-9-19(21)24/h7-11,13,15,20,28H,3-6,12,14H2,1-2H3,(H,27,29). The minimum atomic E-state index is -0.630. The van der Waals surface area contributed by atoms with Crippen molar-refractivity contribution in [1.82, 2.24) is 10.3 Å². The molecule has 1 atom stereocenters. The number of carbonyl (C=O) groups excluding carboxylic acids is 1. The molecule has 0 fully saturated rings. The quantitative estimate of drug-likeness (QED) is 0.437. The summed E-state index contributed by atoms with van der Waals surface area (Å²) in [4.78, 5) is 15.9. The number of hydrogen-bond acceptors (Lipinski definition) is 1. The fraction of sp³-hybridized carbons (Fsp3) is 0.375. The van der Waals surface area contributed by atoms with Gasteiger partial charge in [0.2, 0.25) is 5.91 Å². The highest BCUT2D eigenvalue weighted by Gasteiger charge is 2.24. The van der Waals surface area contributed by atoms with E-state index in [2.05, 4.69) is 30.2 Å². The molecule has 0 aliphatic carbocycles. The first-order chi connectivity index (χ1) is 14.0. The zero-order valence-electron chi connectivity index (χ0n) is 17.0. The largest absolute Gasteiger partial charge is 0.361 e. The molecular formula is C24H28F2N2O. The van der Waals surface area contributed by atoms with Crippen molar-refractivity contribution >= 4 is 16.8 Å². The summed E-state index contributed by atoms with van der Waals surface area (Å²) in [5.41, 5.74) is 3.35. The van der Waals surface area contributed by atoms with E-state index >= 15 is 0 Å². The maximum atomic E-state index is 14.7. The zero-order valence-corrected chi connectivity index (χ0v) is 17.0. The molecule has 0 aliphatic rings. The van der Waals surface area contributed by atoms with Gasteiger partial charge in [-0.05, 0) is 35.6 Å². The van der Waals surface area contributed by atoms with Crippen LogP contribution < -0.4 is 5.32 Å². The Balaban J connectivity index is 1.96. The number of aromatic amines is 1. The van der Waals surface area contributed by atoms with Crippen LogP contribution in [0.1, 0.15) is 62.1 Å². The van der Waals surface area contributed by atoms with Gasteiger partial charge in [0.05, 0.1) is 0 Å². The predicted molar refractivity (Wildman–Crippen MR) is 113 cm³/mol. The number of fused-ring (bicyclic) bond motifs is 1. The van der Waals surface area contributed by atoms with Crippen LogP contribution in [0.25, 0.3) is 10.9 Å². The second kappa shape index (κ2) is 9.68. The number of rotatable bonds is 9. The van der Waals surface area contributed by atoms with Crippen molar-refractivity contribution in [2.75, 3.05) is 6.54 Å². The Morgan fingerprint density at radius 1 is 1.10 bits per heavy atom. The number of H-pyrrole nitrogens is 1. The Kier molecular flexibility index (Phi) is 7.02. The van der Waals surface area contributed by atoms with Crippen molar-refractivity contribution in [1.29, 1.82) is 0 Å². The first-order valence-corrected chi connectivity index (χ1v) is 10.4. The topological polar surface area (TPSA) is 44.9 Å². The number of hydrogen-bond donors (Lipinski definition) is 2. The maximum absolute atomic E-state index is 14.7. The highest BCUT2D eigenvalue weighted by atomic mass is 19.1. The van der Waals surface area contributed by atoms with Gasteiger partial charge in [-0.15, -0.1) is 0 Å². The molecule has 0 saturated carbocycles. The van der Waals surface area contributed by atoms with E-state index in [0.29, 0.717) is 12.1 Å². The lowest BCUT2D eigenvalue weighted by atomic mass is 9.87. The third-order valence-electron chi connectivity index (χ3n) is 5.42. The Bertz CT molecular complexity index is 980. The molecule has 1 unspecified atom stereocenters. The van der Waals surface area contributed by atoms with Crippen LogP contribution in [0.5, 0.6) is 0 Å². The van der Waals surface area contributed by atoms with Crippen molar-refractivity contribution in [3.8, 4) is 0 Å². The molecule has 2 aromatic carbocycles. The van der Waals surface area contributed by atoms with Crippen molar-refractivity contribution in [3.05, 3.63) is 70.9 Å². The number of carbonyl (C=O) groups is 1. The van der Waals surface area contributed by atoms with Crippen LogP contribution in [-0.2, 0) is 11.2 Å². The molecule has 1 heterocycles. The van der Waals surface area contributed by atoms with Gasteiger partial charge < -0.3 is 10.3 Å².